The summed E-state index contributed by atoms with van der Waals surface area (Å²) in [5, 5.41) is 3.17. The number of hydrogen-bond acceptors (Lipinski definition) is 3. The molecule has 0 unspecified atom stereocenters. The van der Waals surface area contributed by atoms with Gasteiger partial charge < -0.3 is 14.8 Å². The lowest BCUT2D eigenvalue weighted by Crippen LogP contribution is -2.25. The van der Waals surface area contributed by atoms with E-state index in [1.165, 1.54) is 0 Å². The van der Waals surface area contributed by atoms with Crippen LogP contribution in [0.4, 0.5) is 5.95 Å². The van der Waals surface area contributed by atoms with Gasteiger partial charge in [0.05, 0.1) is 5.69 Å². The number of nitrogens with one attached hydrogen (secondary N) is 1. The van der Waals surface area contributed by atoms with Crippen molar-refractivity contribution < 1.29 is 0 Å². The average molecular weight is 238 g/mol. The van der Waals surface area contributed by atoms with E-state index in [1.54, 1.807) is 0 Å². The van der Waals surface area contributed by atoms with Crippen LogP contribution in [0.3, 0.4) is 0 Å². The first-order chi connectivity index (χ1) is 8.04. The zero-order valence-corrected chi connectivity index (χ0v) is 11.8. The number of aryl methyl sites for hydroxylation is 1. The molecular weight excluding hydrogens is 212 g/mol. The Morgan fingerprint density at radius 2 is 2.18 bits per heavy atom. The van der Waals surface area contributed by atoms with Crippen molar-refractivity contribution in [1.29, 1.82) is 0 Å². The maximum atomic E-state index is 4.61. The first-order valence-corrected chi connectivity index (χ1v) is 6.44. The van der Waals surface area contributed by atoms with Gasteiger partial charge in [-0.15, -0.1) is 0 Å². The molecule has 1 N–H and O–H groups in total. The van der Waals surface area contributed by atoms with E-state index >= 15 is 0 Å². The summed E-state index contributed by atoms with van der Waals surface area (Å²) >= 11 is 0. The molecule has 0 saturated carbocycles. The summed E-state index contributed by atoms with van der Waals surface area (Å²) in [5.74, 6) is 1.74. The molecule has 4 nitrogen and oxygen atoms in total. The van der Waals surface area contributed by atoms with Crippen LogP contribution in [-0.2, 0) is 6.54 Å². The van der Waals surface area contributed by atoms with E-state index in [-0.39, 0.29) is 0 Å². The summed E-state index contributed by atoms with van der Waals surface area (Å²) < 4.78 is 2.26. The fraction of sp³-hybridized carbons (Fsp3) is 0.769. The Hall–Kier alpha value is -1.03. The normalized spacial score (nSPS) is 11.2. The van der Waals surface area contributed by atoms with Gasteiger partial charge in [-0.2, -0.15) is 0 Å². The summed E-state index contributed by atoms with van der Waals surface area (Å²) in [5.41, 5.74) is 1.10. The van der Waals surface area contributed by atoms with Crippen molar-refractivity contribution in [2.75, 3.05) is 32.1 Å². The van der Waals surface area contributed by atoms with Crippen molar-refractivity contribution in [2.45, 2.75) is 33.7 Å². The molecule has 1 aromatic heterocycles. The zero-order chi connectivity index (χ0) is 12.8. The summed E-state index contributed by atoms with van der Waals surface area (Å²) in [4.78, 5) is 6.85. The van der Waals surface area contributed by atoms with Gasteiger partial charge in [0.25, 0.3) is 0 Å². The fourth-order valence-electron chi connectivity index (χ4n) is 1.96. The molecule has 0 aromatic carbocycles. The number of aromatic nitrogens is 2. The van der Waals surface area contributed by atoms with Crippen LogP contribution in [0.25, 0.3) is 0 Å². The molecule has 0 radical (unpaired) electrons. The van der Waals surface area contributed by atoms with E-state index in [4.69, 9.17) is 0 Å². The topological polar surface area (TPSA) is 33.1 Å². The molecule has 0 saturated heterocycles. The molecule has 1 aromatic rings. The number of anilines is 1. The second-order valence-electron chi connectivity index (χ2n) is 5.11. The Morgan fingerprint density at radius 3 is 2.76 bits per heavy atom. The van der Waals surface area contributed by atoms with E-state index in [9.17, 15) is 0 Å². The van der Waals surface area contributed by atoms with Gasteiger partial charge >= 0.3 is 0 Å². The van der Waals surface area contributed by atoms with Gasteiger partial charge in [-0.25, -0.2) is 4.98 Å². The Morgan fingerprint density at radius 1 is 1.47 bits per heavy atom. The molecule has 0 aliphatic heterocycles. The van der Waals surface area contributed by atoms with E-state index < -0.39 is 0 Å². The maximum Gasteiger partial charge on any atom is 0.205 e. The van der Waals surface area contributed by atoms with Crippen LogP contribution in [0.15, 0.2) is 6.20 Å². The minimum atomic E-state index is 0.646. The molecule has 0 atom stereocenters. The lowest BCUT2D eigenvalue weighted by atomic mass is 10.2. The van der Waals surface area contributed by atoms with E-state index in [1.807, 2.05) is 7.05 Å². The highest BCUT2D eigenvalue weighted by Crippen LogP contribution is 2.15. The molecule has 98 valence electrons. The highest BCUT2D eigenvalue weighted by atomic mass is 15.3. The molecular formula is C13H26N4. The zero-order valence-electron chi connectivity index (χ0n) is 11.8. The minimum Gasteiger partial charge on any atom is -0.345 e. The van der Waals surface area contributed by atoms with E-state index in [2.05, 4.69) is 53.8 Å². The van der Waals surface area contributed by atoms with E-state index in [0.717, 1.165) is 37.7 Å². The first kappa shape index (κ1) is 14.0. The van der Waals surface area contributed by atoms with Gasteiger partial charge in [0, 0.05) is 26.3 Å². The quantitative estimate of drug-likeness (QED) is 0.736. The molecule has 1 heterocycles. The number of rotatable bonds is 7. The van der Waals surface area contributed by atoms with Crippen molar-refractivity contribution >= 4 is 5.95 Å². The lowest BCUT2D eigenvalue weighted by Gasteiger charge is -2.20. The predicted octanol–water partition coefficient (Wildman–Crippen LogP) is 1.89. The molecule has 0 amide bonds. The van der Waals surface area contributed by atoms with Crippen molar-refractivity contribution in [3.63, 3.8) is 0 Å². The fourth-order valence-corrected chi connectivity index (χ4v) is 1.96. The second kappa shape index (κ2) is 6.64. The summed E-state index contributed by atoms with van der Waals surface area (Å²) in [6.07, 6.45) is 3.28. The SMILES string of the molecule is CNCCCN(C)c1nc(C)cn1CC(C)C. The molecule has 17 heavy (non-hydrogen) atoms. The molecule has 4 heteroatoms. The van der Waals surface area contributed by atoms with Crippen LogP contribution < -0.4 is 10.2 Å². The molecule has 1 rings (SSSR count). The number of hydrogen-bond donors (Lipinski definition) is 1. The van der Waals surface area contributed by atoms with Gasteiger partial charge in [0.15, 0.2) is 0 Å². The average Bonchev–Trinajstić information content (AvgIpc) is 2.58. The summed E-state index contributed by atoms with van der Waals surface area (Å²) in [7, 11) is 4.11. The third-order valence-corrected chi connectivity index (χ3v) is 2.70. The van der Waals surface area contributed by atoms with Gasteiger partial charge in [0.1, 0.15) is 0 Å². The van der Waals surface area contributed by atoms with Crippen LogP contribution in [0.2, 0.25) is 0 Å². The molecule has 0 fully saturated rings. The number of nitrogens with zero attached hydrogens (tertiary/aromatic N) is 3. The minimum absolute atomic E-state index is 0.646. The van der Waals surface area contributed by atoms with Crippen molar-refractivity contribution in [1.82, 2.24) is 14.9 Å². The maximum absolute atomic E-state index is 4.61. The van der Waals surface area contributed by atoms with Crippen LogP contribution >= 0.6 is 0 Å². The van der Waals surface area contributed by atoms with Crippen LogP contribution in [0, 0.1) is 12.8 Å². The lowest BCUT2D eigenvalue weighted by molar-refractivity contribution is 0.519. The van der Waals surface area contributed by atoms with Gasteiger partial charge in [-0.1, -0.05) is 13.8 Å². The van der Waals surface area contributed by atoms with E-state index in [0.29, 0.717) is 5.92 Å². The van der Waals surface area contributed by atoms with Crippen LogP contribution in [-0.4, -0.2) is 36.7 Å². The standard InChI is InChI=1S/C13H26N4/c1-11(2)9-17-10-12(3)15-13(17)16(5)8-6-7-14-4/h10-11,14H,6-9H2,1-5H3. The molecule has 0 bridgehead atoms. The van der Waals surface area contributed by atoms with Gasteiger partial charge in [0.2, 0.25) is 5.95 Å². The van der Waals surface area contributed by atoms with Crippen LogP contribution in [0.5, 0.6) is 0 Å². The highest BCUT2D eigenvalue weighted by Gasteiger charge is 2.11. The molecule has 0 aliphatic rings. The predicted molar refractivity (Wildman–Crippen MR) is 73.6 cm³/mol. The third-order valence-electron chi connectivity index (χ3n) is 2.70. The Bertz CT molecular complexity index is 330. The van der Waals surface area contributed by atoms with Crippen molar-refractivity contribution in [2.24, 2.45) is 5.92 Å². The largest absolute Gasteiger partial charge is 0.345 e. The Labute approximate surface area is 105 Å². The molecule has 0 aliphatic carbocycles. The second-order valence-corrected chi connectivity index (χ2v) is 5.11. The van der Waals surface area contributed by atoms with Gasteiger partial charge in [-0.3, -0.25) is 0 Å². The Kier molecular flexibility index (Phi) is 5.48. The van der Waals surface area contributed by atoms with Crippen molar-refractivity contribution in [3.8, 4) is 0 Å². The summed E-state index contributed by atoms with van der Waals surface area (Å²) in [6.45, 7) is 9.65. The van der Waals surface area contributed by atoms with Gasteiger partial charge in [-0.05, 0) is 32.9 Å². The highest BCUT2D eigenvalue weighted by molar-refractivity contribution is 5.32. The first-order valence-electron chi connectivity index (χ1n) is 6.44. The Balaban J connectivity index is 2.67. The third kappa shape index (κ3) is 4.38. The number of imidazole rings is 1. The van der Waals surface area contributed by atoms with Crippen molar-refractivity contribution in [3.05, 3.63) is 11.9 Å². The summed E-state index contributed by atoms with van der Waals surface area (Å²) in [6, 6.07) is 0. The smallest absolute Gasteiger partial charge is 0.205 e. The molecule has 0 spiro atoms. The monoisotopic (exact) mass is 238 g/mol. The van der Waals surface area contributed by atoms with Crippen LogP contribution in [0.1, 0.15) is 26.0 Å².